The maximum Gasteiger partial charge on any atom is 0.138 e. The summed E-state index contributed by atoms with van der Waals surface area (Å²) >= 11 is 0. The van der Waals surface area contributed by atoms with Crippen LogP contribution >= 0.6 is 0 Å². The zero-order chi connectivity index (χ0) is 12.0. The van der Waals surface area contributed by atoms with E-state index in [0.29, 0.717) is 12.0 Å². The topological polar surface area (TPSA) is 42.7 Å². The summed E-state index contributed by atoms with van der Waals surface area (Å²) in [7, 11) is 0. The lowest BCUT2D eigenvalue weighted by molar-refractivity contribution is 0.453. The molecule has 0 aliphatic rings. The highest BCUT2D eigenvalue weighted by Gasteiger charge is 2.08. The molecule has 1 N–H and O–H groups in total. The van der Waals surface area contributed by atoms with Gasteiger partial charge < -0.3 is 5.32 Å². The number of rotatable bonds is 7. The largest absolute Gasteiger partial charge is 0.315 e. The number of nitrogens with one attached hydrogen (secondary N) is 1. The minimum Gasteiger partial charge on any atom is -0.315 e. The molecule has 1 unspecified atom stereocenters. The summed E-state index contributed by atoms with van der Waals surface area (Å²) < 4.78 is 2.03. The quantitative estimate of drug-likeness (QED) is 0.769. The van der Waals surface area contributed by atoms with Crippen molar-refractivity contribution in [2.24, 2.45) is 5.92 Å². The molecule has 0 aliphatic carbocycles. The summed E-state index contributed by atoms with van der Waals surface area (Å²) in [6, 6.07) is 0.550. The van der Waals surface area contributed by atoms with E-state index in [2.05, 4.69) is 43.1 Å². The van der Waals surface area contributed by atoms with Crippen molar-refractivity contribution in [1.29, 1.82) is 0 Å². The van der Waals surface area contributed by atoms with Gasteiger partial charge in [-0.2, -0.15) is 5.10 Å². The third-order valence-electron chi connectivity index (χ3n) is 2.59. The summed E-state index contributed by atoms with van der Waals surface area (Å²) in [5.41, 5.74) is 0. The lowest BCUT2D eigenvalue weighted by atomic mass is 10.1. The number of aromatic nitrogens is 3. The fourth-order valence-electron chi connectivity index (χ4n) is 1.78. The normalized spacial score (nSPS) is 13.3. The van der Waals surface area contributed by atoms with Crippen LogP contribution < -0.4 is 5.32 Å². The smallest absolute Gasteiger partial charge is 0.138 e. The third kappa shape index (κ3) is 4.31. The Bertz CT molecular complexity index is 293. The highest BCUT2D eigenvalue weighted by Crippen LogP contribution is 2.05. The van der Waals surface area contributed by atoms with Crippen LogP contribution in [0.1, 0.15) is 39.9 Å². The molecule has 92 valence electrons. The zero-order valence-corrected chi connectivity index (χ0v) is 10.9. The molecule has 1 rings (SSSR count). The van der Waals surface area contributed by atoms with Crippen LogP contribution in [0, 0.1) is 5.92 Å². The van der Waals surface area contributed by atoms with E-state index >= 15 is 0 Å². The van der Waals surface area contributed by atoms with Crippen LogP contribution in [0.25, 0.3) is 0 Å². The monoisotopic (exact) mass is 224 g/mol. The lowest BCUT2D eigenvalue weighted by Gasteiger charge is -2.12. The second kappa shape index (κ2) is 6.63. The van der Waals surface area contributed by atoms with E-state index in [1.807, 2.05) is 4.68 Å². The molecule has 0 aliphatic heterocycles. The lowest BCUT2D eigenvalue weighted by Crippen LogP contribution is -2.26. The first-order valence-electron chi connectivity index (χ1n) is 6.23. The van der Waals surface area contributed by atoms with Crippen molar-refractivity contribution < 1.29 is 0 Å². The first-order chi connectivity index (χ1) is 7.63. The Morgan fingerprint density at radius 2 is 2.12 bits per heavy atom. The minimum atomic E-state index is 0.550. The fraction of sp³-hybridized carbons (Fsp3) is 0.833. The van der Waals surface area contributed by atoms with Gasteiger partial charge in [-0.05, 0) is 25.8 Å². The van der Waals surface area contributed by atoms with Gasteiger partial charge in [0.1, 0.15) is 12.2 Å². The maximum atomic E-state index is 4.33. The van der Waals surface area contributed by atoms with Gasteiger partial charge in [-0.25, -0.2) is 9.67 Å². The molecule has 1 aromatic heterocycles. The SMILES string of the molecule is CCNC(C)CCc1ncnn1CC(C)C. The van der Waals surface area contributed by atoms with Crippen LogP contribution in [0.2, 0.25) is 0 Å². The van der Waals surface area contributed by atoms with E-state index in [4.69, 9.17) is 0 Å². The molecule has 4 nitrogen and oxygen atoms in total. The molecule has 0 aromatic carbocycles. The van der Waals surface area contributed by atoms with Gasteiger partial charge in [-0.3, -0.25) is 0 Å². The standard InChI is InChI=1S/C12H24N4/c1-5-13-11(4)6-7-12-14-9-15-16(12)8-10(2)3/h9-11,13H,5-8H2,1-4H3. The number of hydrogen-bond donors (Lipinski definition) is 1. The Balaban J connectivity index is 2.44. The van der Waals surface area contributed by atoms with Crippen LogP contribution in [0.4, 0.5) is 0 Å². The first-order valence-corrected chi connectivity index (χ1v) is 6.23. The number of nitrogens with zero attached hydrogens (tertiary/aromatic N) is 3. The van der Waals surface area contributed by atoms with Crippen molar-refractivity contribution >= 4 is 0 Å². The third-order valence-corrected chi connectivity index (χ3v) is 2.59. The Morgan fingerprint density at radius 1 is 1.38 bits per heavy atom. The van der Waals surface area contributed by atoms with Gasteiger partial charge in [0.25, 0.3) is 0 Å². The minimum absolute atomic E-state index is 0.550. The summed E-state index contributed by atoms with van der Waals surface area (Å²) in [4.78, 5) is 4.33. The predicted molar refractivity (Wildman–Crippen MR) is 66.3 cm³/mol. The number of hydrogen-bond acceptors (Lipinski definition) is 3. The van der Waals surface area contributed by atoms with Crippen molar-refractivity contribution in [2.75, 3.05) is 6.54 Å². The Hall–Kier alpha value is -0.900. The molecule has 0 bridgehead atoms. The molecule has 0 radical (unpaired) electrons. The predicted octanol–water partition coefficient (Wildman–Crippen LogP) is 1.86. The fourth-order valence-corrected chi connectivity index (χ4v) is 1.78. The highest BCUT2D eigenvalue weighted by molar-refractivity contribution is 4.86. The van der Waals surface area contributed by atoms with E-state index in [1.165, 1.54) is 0 Å². The van der Waals surface area contributed by atoms with E-state index in [1.54, 1.807) is 6.33 Å². The molecule has 0 spiro atoms. The molecule has 4 heteroatoms. The average Bonchev–Trinajstić information content (AvgIpc) is 2.62. The molecular formula is C12H24N4. The van der Waals surface area contributed by atoms with Crippen LogP contribution in [-0.4, -0.2) is 27.4 Å². The molecule has 1 atom stereocenters. The Labute approximate surface area is 98.5 Å². The van der Waals surface area contributed by atoms with Gasteiger partial charge in [-0.1, -0.05) is 20.8 Å². The summed E-state index contributed by atoms with van der Waals surface area (Å²) in [6.45, 7) is 10.7. The van der Waals surface area contributed by atoms with Crippen molar-refractivity contribution in [3.8, 4) is 0 Å². The second-order valence-electron chi connectivity index (χ2n) is 4.75. The van der Waals surface area contributed by atoms with Crippen molar-refractivity contribution in [1.82, 2.24) is 20.1 Å². The van der Waals surface area contributed by atoms with Gasteiger partial charge in [0.2, 0.25) is 0 Å². The van der Waals surface area contributed by atoms with E-state index < -0.39 is 0 Å². The summed E-state index contributed by atoms with van der Waals surface area (Å²) in [5, 5.41) is 7.68. The maximum absolute atomic E-state index is 4.33. The van der Waals surface area contributed by atoms with Gasteiger partial charge in [0, 0.05) is 19.0 Å². The molecule has 0 saturated carbocycles. The summed E-state index contributed by atoms with van der Waals surface area (Å²) in [5.74, 6) is 1.73. The van der Waals surface area contributed by atoms with Gasteiger partial charge in [-0.15, -0.1) is 0 Å². The van der Waals surface area contributed by atoms with Crippen LogP contribution in [0.15, 0.2) is 6.33 Å². The van der Waals surface area contributed by atoms with Crippen LogP contribution in [0.3, 0.4) is 0 Å². The molecular weight excluding hydrogens is 200 g/mol. The van der Waals surface area contributed by atoms with Crippen molar-refractivity contribution in [3.05, 3.63) is 12.2 Å². The van der Waals surface area contributed by atoms with Crippen molar-refractivity contribution in [2.45, 2.75) is 53.1 Å². The van der Waals surface area contributed by atoms with E-state index in [-0.39, 0.29) is 0 Å². The molecule has 1 heterocycles. The van der Waals surface area contributed by atoms with Crippen molar-refractivity contribution in [3.63, 3.8) is 0 Å². The summed E-state index contributed by atoms with van der Waals surface area (Å²) in [6.07, 6.45) is 3.78. The van der Waals surface area contributed by atoms with Crippen LogP contribution in [-0.2, 0) is 13.0 Å². The Morgan fingerprint density at radius 3 is 2.75 bits per heavy atom. The van der Waals surface area contributed by atoms with E-state index in [0.717, 1.165) is 31.8 Å². The molecule has 0 amide bonds. The van der Waals surface area contributed by atoms with E-state index in [9.17, 15) is 0 Å². The van der Waals surface area contributed by atoms with Crippen LogP contribution in [0.5, 0.6) is 0 Å². The molecule has 0 fully saturated rings. The molecule has 1 aromatic rings. The number of aryl methyl sites for hydroxylation is 1. The molecule has 0 saturated heterocycles. The second-order valence-corrected chi connectivity index (χ2v) is 4.75. The highest BCUT2D eigenvalue weighted by atomic mass is 15.3. The van der Waals surface area contributed by atoms with Gasteiger partial charge in [0.15, 0.2) is 0 Å². The van der Waals surface area contributed by atoms with Gasteiger partial charge >= 0.3 is 0 Å². The Kier molecular flexibility index (Phi) is 5.46. The molecule has 16 heavy (non-hydrogen) atoms. The zero-order valence-electron chi connectivity index (χ0n) is 10.9. The average molecular weight is 224 g/mol. The van der Waals surface area contributed by atoms with Gasteiger partial charge in [0.05, 0.1) is 0 Å². The first kappa shape index (κ1) is 13.2.